The van der Waals surface area contributed by atoms with Crippen LogP contribution >= 0.6 is 0 Å². The highest BCUT2D eigenvalue weighted by Crippen LogP contribution is 2.38. The van der Waals surface area contributed by atoms with Crippen LogP contribution in [0.3, 0.4) is 0 Å². The molecule has 2 atom stereocenters. The normalized spacial score (nSPS) is 22.9. The Kier molecular flexibility index (Phi) is 5.40. The van der Waals surface area contributed by atoms with E-state index in [4.69, 9.17) is 4.74 Å². The van der Waals surface area contributed by atoms with Gasteiger partial charge < -0.3 is 9.64 Å². The molecule has 1 aromatic carbocycles. The largest absolute Gasteiger partial charge is 0.457 e. The molecule has 8 nitrogen and oxygen atoms in total. The van der Waals surface area contributed by atoms with Gasteiger partial charge in [-0.05, 0) is 36.6 Å². The number of ketones is 1. The number of likely N-dealkylation sites (N-methyl/N-ethyl adjacent to an activating group) is 1. The summed E-state index contributed by atoms with van der Waals surface area (Å²) in [4.78, 5) is 63.7. The summed E-state index contributed by atoms with van der Waals surface area (Å²) >= 11 is 0. The Morgan fingerprint density at radius 1 is 1.07 bits per heavy atom. The van der Waals surface area contributed by atoms with Gasteiger partial charge in [-0.2, -0.15) is 0 Å². The number of nitrogens with zero attached hydrogens (tertiary/aromatic N) is 2. The summed E-state index contributed by atoms with van der Waals surface area (Å²) in [5.74, 6) is -1.89. The number of benzene rings is 1. The minimum absolute atomic E-state index is 0.00895. The maximum atomic E-state index is 12.4. The molecule has 0 N–H and O–H groups in total. The molecule has 2 fully saturated rings. The molecule has 1 aliphatic carbocycles. The number of imide groups is 1. The number of anilines is 1. The van der Waals surface area contributed by atoms with Gasteiger partial charge in [-0.3, -0.25) is 28.9 Å². The van der Waals surface area contributed by atoms with Crippen molar-refractivity contribution in [3.63, 3.8) is 0 Å². The molecule has 0 spiro atoms. The van der Waals surface area contributed by atoms with Crippen LogP contribution in [-0.4, -0.2) is 54.6 Å². The van der Waals surface area contributed by atoms with Crippen molar-refractivity contribution >= 4 is 35.2 Å². The molecule has 1 saturated carbocycles. The number of hydrogen-bond donors (Lipinski definition) is 0. The van der Waals surface area contributed by atoms with E-state index in [0.29, 0.717) is 5.56 Å². The summed E-state index contributed by atoms with van der Waals surface area (Å²) in [6.45, 7) is -0.431. The molecule has 3 amide bonds. The van der Waals surface area contributed by atoms with Crippen molar-refractivity contribution in [2.45, 2.75) is 38.5 Å². The van der Waals surface area contributed by atoms with E-state index in [2.05, 4.69) is 0 Å². The Morgan fingerprint density at radius 2 is 1.73 bits per heavy atom. The predicted molar refractivity (Wildman–Crippen MR) is 106 cm³/mol. The summed E-state index contributed by atoms with van der Waals surface area (Å²) < 4.78 is 5.05. The molecule has 8 heteroatoms. The molecule has 158 valence electrons. The molecule has 1 saturated heterocycles. The first kappa shape index (κ1) is 20.3. The summed E-state index contributed by atoms with van der Waals surface area (Å²) in [5, 5.41) is 0. The molecule has 4 rings (SSSR count). The maximum Gasteiger partial charge on any atom is 0.308 e. The van der Waals surface area contributed by atoms with Crippen LogP contribution in [-0.2, 0) is 30.3 Å². The number of rotatable bonds is 6. The van der Waals surface area contributed by atoms with Crippen molar-refractivity contribution < 1.29 is 28.7 Å². The van der Waals surface area contributed by atoms with Gasteiger partial charge in [0.05, 0.1) is 24.7 Å². The number of amides is 3. The van der Waals surface area contributed by atoms with Gasteiger partial charge in [-0.15, -0.1) is 0 Å². The number of Topliss-reactive ketones (excluding diaryl/α,β-unsaturated/α-hetero) is 1. The van der Waals surface area contributed by atoms with Gasteiger partial charge in [0.25, 0.3) is 0 Å². The number of carbonyl (C=O) groups is 5. The molecule has 0 unspecified atom stereocenters. The van der Waals surface area contributed by atoms with Crippen LogP contribution in [0.5, 0.6) is 0 Å². The van der Waals surface area contributed by atoms with E-state index in [9.17, 15) is 24.0 Å². The van der Waals surface area contributed by atoms with Gasteiger partial charge in [0.15, 0.2) is 12.4 Å². The fourth-order valence-electron chi connectivity index (χ4n) is 4.60. The fraction of sp³-hybridized carbons (Fsp3) is 0.500. The van der Waals surface area contributed by atoms with Crippen LogP contribution in [0.1, 0.15) is 48.0 Å². The van der Waals surface area contributed by atoms with Gasteiger partial charge in [0.1, 0.15) is 0 Å². The van der Waals surface area contributed by atoms with Crippen LogP contribution in [0.4, 0.5) is 5.69 Å². The van der Waals surface area contributed by atoms with E-state index in [-0.39, 0.29) is 54.7 Å². The highest BCUT2D eigenvalue weighted by Gasteiger charge is 2.47. The molecule has 30 heavy (non-hydrogen) atoms. The summed E-state index contributed by atoms with van der Waals surface area (Å²) in [6.07, 6.45) is 3.47. The van der Waals surface area contributed by atoms with Crippen LogP contribution < -0.4 is 4.90 Å². The smallest absolute Gasteiger partial charge is 0.308 e. The Bertz CT molecular complexity index is 916. The lowest BCUT2D eigenvalue weighted by molar-refractivity contribution is -0.145. The van der Waals surface area contributed by atoms with Crippen molar-refractivity contribution in [1.82, 2.24) is 4.90 Å². The van der Waals surface area contributed by atoms with Crippen LogP contribution in [0.15, 0.2) is 18.2 Å². The molecular formula is C22H24N2O6. The topological polar surface area (TPSA) is 101 Å². The van der Waals surface area contributed by atoms with Crippen LogP contribution in [0.2, 0.25) is 0 Å². The maximum absolute atomic E-state index is 12.4. The molecule has 2 heterocycles. The van der Waals surface area contributed by atoms with E-state index in [0.717, 1.165) is 36.9 Å². The highest BCUT2D eigenvalue weighted by molar-refractivity contribution is 6.05. The monoisotopic (exact) mass is 412 g/mol. The second kappa shape index (κ2) is 8.01. The third-order valence-electron chi connectivity index (χ3n) is 6.31. The quantitative estimate of drug-likeness (QED) is 0.399. The number of likely N-dealkylation sites (tertiary alicyclic amines) is 1. The van der Waals surface area contributed by atoms with Crippen LogP contribution in [0, 0.1) is 11.8 Å². The van der Waals surface area contributed by atoms with E-state index < -0.39 is 12.6 Å². The van der Waals surface area contributed by atoms with Gasteiger partial charge >= 0.3 is 5.97 Å². The summed E-state index contributed by atoms with van der Waals surface area (Å²) in [5.41, 5.74) is 1.92. The lowest BCUT2D eigenvalue weighted by Crippen LogP contribution is -2.33. The minimum Gasteiger partial charge on any atom is -0.457 e. The van der Waals surface area contributed by atoms with Crippen LogP contribution in [0.25, 0.3) is 0 Å². The third-order valence-corrected chi connectivity index (χ3v) is 6.31. The molecule has 0 radical (unpaired) electrons. The molecule has 1 aromatic rings. The Morgan fingerprint density at radius 3 is 2.40 bits per heavy atom. The molecule has 3 aliphatic rings. The van der Waals surface area contributed by atoms with Gasteiger partial charge in [0.2, 0.25) is 17.7 Å². The number of ether oxygens (including phenoxy) is 1. The zero-order valence-corrected chi connectivity index (χ0v) is 16.9. The minimum atomic E-state index is -0.630. The average molecular weight is 412 g/mol. The van der Waals surface area contributed by atoms with Crippen molar-refractivity contribution in [2.75, 3.05) is 25.1 Å². The average Bonchev–Trinajstić information content (AvgIpc) is 3.17. The Hall–Kier alpha value is -3.03. The van der Waals surface area contributed by atoms with Gasteiger partial charge in [0, 0.05) is 24.8 Å². The zero-order valence-electron chi connectivity index (χ0n) is 16.9. The first-order valence-electron chi connectivity index (χ1n) is 10.3. The van der Waals surface area contributed by atoms with Crippen molar-refractivity contribution in [2.24, 2.45) is 11.8 Å². The Balaban J connectivity index is 1.28. The summed E-state index contributed by atoms with van der Waals surface area (Å²) in [7, 11) is 1.68. The summed E-state index contributed by atoms with van der Waals surface area (Å²) in [6, 6.07) is 4.96. The third kappa shape index (κ3) is 3.62. The second-order valence-corrected chi connectivity index (χ2v) is 8.13. The van der Waals surface area contributed by atoms with E-state index in [1.165, 1.54) is 4.90 Å². The van der Waals surface area contributed by atoms with E-state index >= 15 is 0 Å². The first-order chi connectivity index (χ1) is 14.4. The second-order valence-electron chi connectivity index (χ2n) is 8.13. The molecule has 0 aromatic heterocycles. The zero-order chi connectivity index (χ0) is 21.4. The Labute approximate surface area is 174 Å². The molecular weight excluding hydrogens is 388 g/mol. The van der Waals surface area contributed by atoms with E-state index in [1.54, 1.807) is 30.1 Å². The number of carbonyl (C=O) groups excluding carboxylic acids is 5. The SMILES string of the molecule is CN1C(=O)Cc2cc(C(=O)COC(=O)CCN3C(=O)[C@@H]4CCCC[C@H]4C3=O)ccc21. The van der Waals surface area contributed by atoms with Gasteiger partial charge in [-0.25, -0.2) is 0 Å². The first-order valence-corrected chi connectivity index (χ1v) is 10.3. The van der Waals surface area contributed by atoms with E-state index in [1.807, 2.05) is 0 Å². The van der Waals surface area contributed by atoms with Crippen molar-refractivity contribution in [3.8, 4) is 0 Å². The van der Waals surface area contributed by atoms with Crippen molar-refractivity contribution in [1.29, 1.82) is 0 Å². The number of fused-ring (bicyclic) bond motifs is 2. The fourth-order valence-corrected chi connectivity index (χ4v) is 4.60. The lowest BCUT2D eigenvalue weighted by atomic mass is 9.81. The lowest BCUT2D eigenvalue weighted by Gasteiger charge is -2.19. The van der Waals surface area contributed by atoms with Crippen molar-refractivity contribution in [3.05, 3.63) is 29.3 Å². The highest BCUT2D eigenvalue weighted by atomic mass is 16.5. The number of hydrogen-bond acceptors (Lipinski definition) is 6. The standard InChI is InChI=1S/C22H24N2O6/c1-23-17-7-6-13(10-14(17)11-19(23)26)18(25)12-30-20(27)8-9-24-21(28)15-4-2-3-5-16(15)22(24)29/h6-7,10,15-16H,2-5,8-9,11-12H2,1H3/t15-,16-/m1/s1. The molecule has 2 aliphatic heterocycles. The number of esters is 1. The predicted octanol–water partition coefficient (Wildman–Crippen LogP) is 1.50. The molecule has 0 bridgehead atoms. The van der Waals surface area contributed by atoms with Gasteiger partial charge in [-0.1, -0.05) is 12.8 Å².